The number of phenols is 1. The molecule has 0 saturated carbocycles. The summed E-state index contributed by atoms with van der Waals surface area (Å²) in [4.78, 5) is 9.06. The second-order valence-electron chi connectivity index (χ2n) is 6.58. The van der Waals surface area contributed by atoms with Crippen molar-refractivity contribution in [2.45, 2.75) is 13.8 Å². The number of rotatable bonds is 3. The van der Waals surface area contributed by atoms with Gasteiger partial charge in [0.15, 0.2) is 5.58 Å². The first-order valence-corrected chi connectivity index (χ1v) is 9.36. The van der Waals surface area contributed by atoms with E-state index in [4.69, 9.17) is 27.6 Å². The van der Waals surface area contributed by atoms with Crippen LogP contribution in [0, 0.1) is 13.8 Å². The molecule has 1 N–H and O–H groups in total. The maximum Gasteiger partial charge on any atom is 0.227 e. The third-order valence-corrected chi connectivity index (χ3v) is 4.91. The molecule has 4 nitrogen and oxygen atoms in total. The minimum atomic E-state index is -0.0575. The molecule has 0 amide bonds. The van der Waals surface area contributed by atoms with Gasteiger partial charge in [-0.15, -0.1) is 0 Å². The molecular weight excluding hydrogens is 395 g/mol. The van der Waals surface area contributed by atoms with Crippen molar-refractivity contribution in [1.82, 2.24) is 4.98 Å². The first-order valence-electron chi connectivity index (χ1n) is 8.61. The molecular formula is C22H16Cl2N2O2. The second kappa shape index (κ2) is 7.30. The first kappa shape index (κ1) is 18.5. The number of fused-ring (bicyclic) bond motifs is 1. The number of aliphatic imine (C=N–C) groups is 1. The Bertz CT molecular complexity index is 1230. The molecule has 0 fully saturated rings. The zero-order valence-electron chi connectivity index (χ0n) is 15.2. The van der Waals surface area contributed by atoms with Gasteiger partial charge in [0, 0.05) is 22.4 Å². The maximum absolute atomic E-state index is 10.1. The highest BCUT2D eigenvalue weighted by Gasteiger charge is 2.11. The van der Waals surface area contributed by atoms with Crippen LogP contribution in [0.1, 0.15) is 16.7 Å². The molecule has 1 aromatic heterocycles. The van der Waals surface area contributed by atoms with Gasteiger partial charge in [0.1, 0.15) is 11.3 Å². The Hall–Kier alpha value is -2.82. The van der Waals surface area contributed by atoms with E-state index in [1.807, 2.05) is 50.2 Å². The van der Waals surface area contributed by atoms with E-state index < -0.39 is 0 Å². The van der Waals surface area contributed by atoms with Gasteiger partial charge in [-0.2, -0.15) is 0 Å². The van der Waals surface area contributed by atoms with Gasteiger partial charge in [0.2, 0.25) is 5.89 Å². The second-order valence-corrected chi connectivity index (χ2v) is 7.42. The Balaban J connectivity index is 1.73. The van der Waals surface area contributed by atoms with Crippen LogP contribution in [0.4, 0.5) is 5.69 Å². The summed E-state index contributed by atoms with van der Waals surface area (Å²) in [6.07, 6.45) is 1.54. The molecule has 6 heteroatoms. The summed E-state index contributed by atoms with van der Waals surface area (Å²) in [5, 5.41) is 10.7. The predicted octanol–water partition coefficient (Wildman–Crippen LogP) is 6.87. The van der Waals surface area contributed by atoms with E-state index in [1.165, 1.54) is 12.3 Å². The number of hydrogen-bond donors (Lipinski definition) is 1. The van der Waals surface area contributed by atoms with E-state index >= 15 is 0 Å². The van der Waals surface area contributed by atoms with Crippen molar-refractivity contribution in [3.05, 3.63) is 75.3 Å². The van der Waals surface area contributed by atoms with Gasteiger partial charge < -0.3 is 9.52 Å². The molecule has 28 heavy (non-hydrogen) atoms. The first-order chi connectivity index (χ1) is 13.4. The zero-order valence-corrected chi connectivity index (χ0v) is 16.7. The van der Waals surface area contributed by atoms with Crippen LogP contribution in [0.2, 0.25) is 10.0 Å². The number of hydrogen-bond acceptors (Lipinski definition) is 4. The van der Waals surface area contributed by atoms with E-state index in [1.54, 1.807) is 6.07 Å². The van der Waals surface area contributed by atoms with Crippen LogP contribution in [0.15, 0.2) is 57.9 Å². The lowest BCUT2D eigenvalue weighted by atomic mass is 10.1. The van der Waals surface area contributed by atoms with Gasteiger partial charge in [-0.25, -0.2) is 4.98 Å². The number of nitrogens with zero attached hydrogens (tertiary/aromatic N) is 2. The van der Waals surface area contributed by atoms with Gasteiger partial charge in [0.25, 0.3) is 0 Å². The number of phenolic OH excluding ortho intramolecular Hbond substituents is 1. The Morgan fingerprint density at radius 1 is 1.04 bits per heavy atom. The zero-order chi connectivity index (χ0) is 19.8. The fraction of sp³-hybridized carbons (Fsp3) is 0.0909. The summed E-state index contributed by atoms with van der Waals surface area (Å²) >= 11 is 12.0. The lowest BCUT2D eigenvalue weighted by Crippen LogP contribution is -1.85. The van der Waals surface area contributed by atoms with Crippen molar-refractivity contribution >= 4 is 46.2 Å². The standard InChI is InChI=1S/C22H16Cl2N2O2/c1-12-3-6-18-20(7-12)28-22(26-18)14-5-4-13(2)19(9-14)25-11-15-8-16(23)10-17(24)21(15)27/h3-11,27H,1-2H3. The molecule has 4 aromatic rings. The van der Waals surface area contributed by atoms with Crippen molar-refractivity contribution in [2.75, 3.05) is 0 Å². The molecule has 0 spiro atoms. The molecule has 140 valence electrons. The fourth-order valence-corrected chi connectivity index (χ4v) is 3.37. The summed E-state index contributed by atoms with van der Waals surface area (Å²) in [7, 11) is 0. The molecule has 0 unspecified atom stereocenters. The fourth-order valence-electron chi connectivity index (χ4n) is 2.86. The quantitative estimate of drug-likeness (QED) is 0.374. The van der Waals surface area contributed by atoms with Crippen molar-refractivity contribution < 1.29 is 9.52 Å². The van der Waals surface area contributed by atoms with E-state index in [9.17, 15) is 5.11 Å². The molecule has 4 rings (SSSR count). The average Bonchev–Trinajstić information content (AvgIpc) is 3.07. The number of aryl methyl sites for hydroxylation is 2. The van der Waals surface area contributed by atoms with Crippen LogP contribution in [0.5, 0.6) is 5.75 Å². The van der Waals surface area contributed by atoms with Crippen LogP contribution < -0.4 is 0 Å². The third-order valence-electron chi connectivity index (χ3n) is 4.40. The summed E-state index contributed by atoms with van der Waals surface area (Å²) in [6.45, 7) is 3.97. The molecule has 0 aliphatic carbocycles. The molecule has 1 heterocycles. The van der Waals surface area contributed by atoms with Crippen LogP contribution in [-0.4, -0.2) is 16.3 Å². The minimum Gasteiger partial charge on any atom is -0.506 e. The molecule has 3 aromatic carbocycles. The molecule has 0 atom stereocenters. The highest BCUT2D eigenvalue weighted by Crippen LogP contribution is 2.32. The van der Waals surface area contributed by atoms with E-state index in [0.29, 0.717) is 16.5 Å². The summed E-state index contributed by atoms with van der Waals surface area (Å²) in [5.41, 5.74) is 5.64. The molecule has 0 aliphatic rings. The van der Waals surface area contributed by atoms with Crippen LogP contribution in [0.3, 0.4) is 0 Å². The molecule has 0 aliphatic heterocycles. The lowest BCUT2D eigenvalue weighted by Gasteiger charge is -2.04. The van der Waals surface area contributed by atoms with Gasteiger partial charge in [-0.3, -0.25) is 4.99 Å². The molecule has 0 saturated heterocycles. The number of aromatic hydroxyl groups is 1. The van der Waals surface area contributed by atoms with Crippen LogP contribution in [-0.2, 0) is 0 Å². The van der Waals surface area contributed by atoms with Crippen LogP contribution in [0.25, 0.3) is 22.6 Å². The largest absolute Gasteiger partial charge is 0.506 e. The van der Waals surface area contributed by atoms with Gasteiger partial charge in [0.05, 0.1) is 10.7 Å². The maximum atomic E-state index is 10.1. The van der Waals surface area contributed by atoms with Crippen molar-refractivity contribution in [3.8, 4) is 17.2 Å². The number of aromatic nitrogens is 1. The highest BCUT2D eigenvalue weighted by molar-refractivity contribution is 6.36. The summed E-state index contributed by atoms with van der Waals surface area (Å²) < 4.78 is 5.91. The predicted molar refractivity (Wildman–Crippen MR) is 114 cm³/mol. The van der Waals surface area contributed by atoms with E-state index in [-0.39, 0.29) is 10.8 Å². The number of halogens is 2. The summed E-state index contributed by atoms with van der Waals surface area (Å²) in [6, 6.07) is 14.8. The Kier molecular flexibility index (Phi) is 4.84. The Labute approximate surface area is 172 Å². The topological polar surface area (TPSA) is 58.6 Å². The Morgan fingerprint density at radius 3 is 2.68 bits per heavy atom. The minimum absolute atomic E-state index is 0.0575. The van der Waals surface area contributed by atoms with Gasteiger partial charge >= 0.3 is 0 Å². The molecule has 0 radical (unpaired) electrons. The van der Waals surface area contributed by atoms with E-state index in [2.05, 4.69) is 9.98 Å². The van der Waals surface area contributed by atoms with Crippen molar-refractivity contribution in [2.24, 2.45) is 4.99 Å². The van der Waals surface area contributed by atoms with Crippen LogP contribution >= 0.6 is 23.2 Å². The van der Waals surface area contributed by atoms with Crippen molar-refractivity contribution in [3.63, 3.8) is 0 Å². The SMILES string of the molecule is Cc1ccc2nc(-c3ccc(C)c(N=Cc4cc(Cl)cc(Cl)c4O)c3)oc2c1. The van der Waals surface area contributed by atoms with E-state index in [0.717, 1.165) is 33.5 Å². The lowest BCUT2D eigenvalue weighted by molar-refractivity contribution is 0.475. The smallest absolute Gasteiger partial charge is 0.227 e. The van der Waals surface area contributed by atoms with Crippen molar-refractivity contribution in [1.29, 1.82) is 0 Å². The normalized spacial score (nSPS) is 11.6. The van der Waals surface area contributed by atoms with Gasteiger partial charge in [-0.05, 0) is 61.4 Å². The Morgan fingerprint density at radius 2 is 1.86 bits per heavy atom. The summed E-state index contributed by atoms with van der Waals surface area (Å²) in [5.74, 6) is 0.476. The number of oxazole rings is 1. The average molecular weight is 411 g/mol. The van der Waals surface area contributed by atoms with Gasteiger partial charge in [-0.1, -0.05) is 35.3 Å². The monoisotopic (exact) mass is 410 g/mol. The highest BCUT2D eigenvalue weighted by atomic mass is 35.5. The number of benzene rings is 3. The third kappa shape index (κ3) is 3.61. The molecule has 0 bridgehead atoms.